The number of rotatable bonds is 8. The van der Waals surface area contributed by atoms with E-state index in [1.54, 1.807) is 31.2 Å². The van der Waals surface area contributed by atoms with Crippen molar-refractivity contribution in [3.05, 3.63) is 53.6 Å². The normalized spacial score (nSPS) is 11.9. The van der Waals surface area contributed by atoms with Crippen molar-refractivity contribution in [1.82, 2.24) is 10.2 Å². The van der Waals surface area contributed by atoms with Gasteiger partial charge < -0.3 is 14.6 Å². The number of carbonyl (C=O) groups is 1. The predicted molar refractivity (Wildman–Crippen MR) is 119 cm³/mol. The quantitative estimate of drug-likeness (QED) is 0.485. The number of hydrogen-bond acceptors (Lipinski definition) is 6. The SMILES string of the molecule is CCN(CC)c1ccc(-c2nnc(SC(C)C(=O)Nc3ccc(Cl)cc3)o2)cc1. The molecule has 0 radical (unpaired) electrons. The van der Waals surface area contributed by atoms with Crippen LogP contribution in [-0.4, -0.2) is 34.4 Å². The molecule has 0 saturated carbocycles. The summed E-state index contributed by atoms with van der Waals surface area (Å²) in [5.41, 5.74) is 2.69. The molecule has 6 nitrogen and oxygen atoms in total. The van der Waals surface area contributed by atoms with Gasteiger partial charge in [-0.1, -0.05) is 23.4 Å². The molecule has 3 rings (SSSR count). The van der Waals surface area contributed by atoms with Crippen LogP contribution >= 0.6 is 23.4 Å². The maximum absolute atomic E-state index is 12.4. The zero-order valence-electron chi connectivity index (χ0n) is 16.6. The van der Waals surface area contributed by atoms with Gasteiger partial charge >= 0.3 is 0 Å². The molecular weight excluding hydrogens is 408 g/mol. The molecule has 1 heterocycles. The highest BCUT2D eigenvalue weighted by Crippen LogP contribution is 2.28. The summed E-state index contributed by atoms with van der Waals surface area (Å²) in [4.78, 5) is 14.6. The van der Waals surface area contributed by atoms with E-state index in [4.69, 9.17) is 16.0 Å². The second kappa shape index (κ2) is 9.80. The van der Waals surface area contributed by atoms with E-state index in [0.717, 1.165) is 24.3 Å². The summed E-state index contributed by atoms with van der Waals surface area (Å²) < 4.78 is 5.74. The lowest BCUT2D eigenvalue weighted by Gasteiger charge is -2.20. The van der Waals surface area contributed by atoms with E-state index >= 15 is 0 Å². The highest BCUT2D eigenvalue weighted by Gasteiger charge is 2.19. The van der Waals surface area contributed by atoms with Crippen molar-refractivity contribution in [2.24, 2.45) is 0 Å². The van der Waals surface area contributed by atoms with Gasteiger partial charge in [0.15, 0.2) is 0 Å². The van der Waals surface area contributed by atoms with Crippen LogP contribution in [0.2, 0.25) is 5.02 Å². The molecular formula is C21H23ClN4O2S. The molecule has 1 atom stereocenters. The number of nitrogens with zero attached hydrogens (tertiary/aromatic N) is 3. The van der Waals surface area contributed by atoms with Gasteiger partial charge in [0.1, 0.15) is 0 Å². The minimum Gasteiger partial charge on any atom is -0.411 e. The van der Waals surface area contributed by atoms with Gasteiger partial charge in [0.05, 0.1) is 5.25 Å². The lowest BCUT2D eigenvalue weighted by Crippen LogP contribution is -2.22. The fraction of sp³-hybridized carbons (Fsp3) is 0.286. The Morgan fingerprint density at radius 3 is 2.38 bits per heavy atom. The van der Waals surface area contributed by atoms with Crippen LogP contribution in [0.25, 0.3) is 11.5 Å². The third kappa shape index (κ3) is 5.52. The first-order chi connectivity index (χ1) is 14.0. The van der Waals surface area contributed by atoms with Crippen LogP contribution in [0.4, 0.5) is 11.4 Å². The van der Waals surface area contributed by atoms with Crippen molar-refractivity contribution in [2.45, 2.75) is 31.2 Å². The van der Waals surface area contributed by atoms with E-state index < -0.39 is 5.25 Å². The van der Waals surface area contributed by atoms with Gasteiger partial charge in [-0.25, -0.2) is 0 Å². The molecule has 0 bridgehead atoms. The van der Waals surface area contributed by atoms with Crippen LogP contribution < -0.4 is 10.2 Å². The molecule has 1 unspecified atom stereocenters. The fourth-order valence-electron chi connectivity index (χ4n) is 2.76. The van der Waals surface area contributed by atoms with Crippen LogP contribution in [0.5, 0.6) is 0 Å². The van der Waals surface area contributed by atoms with Crippen molar-refractivity contribution in [2.75, 3.05) is 23.3 Å². The van der Waals surface area contributed by atoms with Gasteiger partial charge in [0.2, 0.25) is 11.8 Å². The average molecular weight is 431 g/mol. The Morgan fingerprint density at radius 2 is 1.76 bits per heavy atom. The molecule has 0 saturated heterocycles. The molecule has 152 valence electrons. The zero-order chi connectivity index (χ0) is 20.8. The van der Waals surface area contributed by atoms with Crippen LogP contribution in [0.1, 0.15) is 20.8 Å². The van der Waals surface area contributed by atoms with Gasteiger partial charge in [0.25, 0.3) is 5.22 Å². The Labute approximate surface area is 179 Å². The molecule has 0 aliphatic carbocycles. The molecule has 3 aromatic rings. The van der Waals surface area contributed by atoms with E-state index in [1.165, 1.54) is 11.8 Å². The van der Waals surface area contributed by atoms with E-state index in [-0.39, 0.29) is 5.91 Å². The third-order valence-electron chi connectivity index (χ3n) is 4.41. The minimum atomic E-state index is -0.399. The van der Waals surface area contributed by atoms with E-state index in [9.17, 15) is 4.79 Å². The summed E-state index contributed by atoms with van der Waals surface area (Å²) in [5.74, 6) is 0.282. The summed E-state index contributed by atoms with van der Waals surface area (Å²) >= 11 is 7.08. The standard InChI is InChI=1S/C21H23ClN4O2S/c1-4-26(5-2)18-12-6-15(7-13-18)20-24-25-21(28-20)29-14(3)19(27)23-17-10-8-16(22)9-11-17/h6-14H,4-5H2,1-3H3,(H,23,27). The second-order valence-electron chi connectivity index (χ2n) is 6.35. The number of nitrogens with one attached hydrogen (secondary N) is 1. The fourth-order valence-corrected chi connectivity index (χ4v) is 3.57. The first kappa shape index (κ1) is 21.2. The Balaban J connectivity index is 1.62. The van der Waals surface area contributed by atoms with Crippen molar-refractivity contribution < 1.29 is 9.21 Å². The van der Waals surface area contributed by atoms with Gasteiger partial charge in [-0.05, 0) is 69.3 Å². The number of carbonyl (C=O) groups excluding carboxylic acids is 1. The topological polar surface area (TPSA) is 71.3 Å². The molecule has 8 heteroatoms. The van der Waals surface area contributed by atoms with Gasteiger partial charge in [-0.2, -0.15) is 0 Å². The molecule has 1 aromatic heterocycles. The van der Waals surface area contributed by atoms with Crippen molar-refractivity contribution in [1.29, 1.82) is 0 Å². The Hall–Kier alpha value is -2.51. The lowest BCUT2D eigenvalue weighted by atomic mass is 10.2. The minimum absolute atomic E-state index is 0.152. The third-order valence-corrected chi connectivity index (χ3v) is 5.59. The molecule has 29 heavy (non-hydrogen) atoms. The smallest absolute Gasteiger partial charge is 0.277 e. The highest BCUT2D eigenvalue weighted by atomic mass is 35.5. The Kier molecular flexibility index (Phi) is 7.17. The number of anilines is 2. The summed E-state index contributed by atoms with van der Waals surface area (Å²) in [5, 5.41) is 11.6. The molecule has 0 aliphatic heterocycles. The summed E-state index contributed by atoms with van der Waals surface area (Å²) in [6, 6.07) is 15.0. The van der Waals surface area contributed by atoms with Gasteiger partial charge in [-0.3, -0.25) is 4.79 Å². The van der Waals surface area contributed by atoms with E-state index in [1.807, 2.05) is 24.3 Å². The predicted octanol–water partition coefficient (Wildman–Crippen LogP) is 5.36. The Bertz CT molecular complexity index is 940. The number of amides is 1. The average Bonchev–Trinajstić information content (AvgIpc) is 3.19. The molecule has 0 fully saturated rings. The molecule has 1 amide bonds. The van der Waals surface area contributed by atoms with Crippen LogP contribution in [0.15, 0.2) is 58.2 Å². The lowest BCUT2D eigenvalue weighted by molar-refractivity contribution is -0.115. The first-order valence-corrected chi connectivity index (χ1v) is 10.7. The molecule has 0 aliphatic rings. The number of benzene rings is 2. The zero-order valence-corrected chi connectivity index (χ0v) is 18.1. The molecule has 2 aromatic carbocycles. The van der Waals surface area contributed by atoms with Crippen molar-refractivity contribution >= 4 is 40.6 Å². The highest BCUT2D eigenvalue weighted by molar-refractivity contribution is 8.00. The monoisotopic (exact) mass is 430 g/mol. The molecule has 0 spiro atoms. The summed E-state index contributed by atoms with van der Waals surface area (Å²) in [6.45, 7) is 7.95. The maximum Gasteiger partial charge on any atom is 0.277 e. The number of halogens is 1. The van der Waals surface area contributed by atoms with Crippen molar-refractivity contribution in [3.8, 4) is 11.5 Å². The van der Waals surface area contributed by atoms with E-state index in [0.29, 0.717) is 21.8 Å². The number of thioether (sulfide) groups is 1. The van der Waals surface area contributed by atoms with E-state index in [2.05, 4.69) is 34.3 Å². The summed E-state index contributed by atoms with van der Waals surface area (Å²) in [6.07, 6.45) is 0. The molecule has 1 N–H and O–H groups in total. The van der Waals surface area contributed by atoms with Crippen molar-refractivity contribution in [3.63, 3.8) is 0 Å². The number of aromatic nitrogens is 2. The maximum atomic E-state index is 12.4. The van der Waals surface area contributed by atoms with Crippen LogP contribution in [0, 0.1) is 0 Å². The van der Waals surface area contributed by atoms with Crippen LogP contribution in [0.3, 0.4) is 0 Å². The Morgan fingerprint density at radius 1 is 1.10 bits per heavy atom. The van der Waals surface area contributed by atoms with Gasteiger partial charge in [0, 0.05) is 35.1 Å². The largest absolute Gasteiger partial charge is 0.411 e. The van der Waals surface area contributed by atoms with Gasteiger partial charge in [-0.15, -0.1) is 10.2 Å². The second-order valence-corrected chi connectivity index (χ2v) is 8.08. The number of hydrogen-bond donors (Lipinski definition) is 1. The summed E-state index contributed by atoms with van der Waals surface area (Å²) in [7, 11) is 0. The first-order valence-electron chi connectivity index (χ1n) is 9.42. The van der Waals surface area contributed by atoms with Crippen LogP contribution in [-0.2, 0) is 4.79 Å².